The predicted octanol–water partition coefficient (Wildman–Crippen LogP) is 2.13. The first-order valence-corrected chi connectivity index (χ1v) is 9.33. The minimum atomic E-state index is -0.814. The molecule has 2 rings (SSSR count). The van der Waals surface area contributed by atoms with Crippen LogP contribution in [0.25, 0.3) is 11.1 Å². The van der Waals surface area contributed by atoms with Crippen LogP contribution in [-0.4, -0.2) is 63.7 Å². The van der Waals surface area contributed by atoms with E-state index in [1.807, 2.05) is 0 Å². The number of nitrogens with one attached hydrogen (secondary N) is 2. The van der Waals surface area contributed by atoms with Gasteiger partial charge >= 0.3 is 5.97 Å². The van der Waals surface area contributed by atoms with Gasteiger partial charge in [0.1, 0.15) is 5.69 Å². The van der Waals surface area contributed by atoms with Crippen LogP contribution in [0.5, 0.6) is 11.5 Å². The molecule has 0 spiro atoms. The van der Waals surface area contributed by atoms with E-state index in [2.05, 4.69) is 10.3 Å². The molecule has 0 aliphatic carbocycles. The maximum Gasteiger partial charge on any atom is 0.340 e. The van der Waals surface area contributed by atoms with Crippen molar-refractivity contribution in [2.45, 2.75) is 13.8 Å². The number of amides is 1. The zero-order chi connectivity index (χ0) is 22.3. The predicted molar refractivity (Wildman–Crippen MR) is 109 cm³/mol. The molecule has 0 atom stereocenters. The molecular formula is C21H26N2O7. The van der Waals surface area contributed by atoms with E-state index in [4.69, 9.17) is 18.9 Å². The third-order valence-electron chi connectivity index (χ3n) is 4.36. The number of ketones is 1. The molecule has 9 nitrogen and oxygen atoms in total. The molecular weight excluding hydrogens is 392 g/mol. The van der Waals surface area contributed by atoms with Crippen LogP contribution in [-0.2, 0) is 14.3 Å². The second-order valence-corrected chi connectivity index (χ2v) is 6.24. The molecule has 30 heavy (non-hydrogen) atoms. The summed E-state index contributed by atoms with van der Waals surface area (Å²) in [4.78, 5) is 40.7. The Morgan fingerprint density at radius 1 is 1.07 bits per heavy atom. The first-order chi connectivity index (χ1) is 14.4. The molecule has 0 aliphatic heterocycles. The van der Waals surface area contributed by atoms with Gasteiger partial charge in [-0.15, -0.1) is 0 Å². The van der Waals surface area contributed by atoms with Crippen molar-refractivity contribution in [2.75, 3.05) is 41.1 Å². The Bertz CT molecular complexity index is 934. The van der Waals surface area contributed by atoms with Gasteiger partial charge in [0.25, 0.3) is 11.7 Å². The van der Waals surface area contributed by atoms with E-state index in [1.165, 1.54) is 21.3 Å². The van der Waals surface area contributed by atoms with E-state index in [0.29, 0.717) is 22.8 Å². The average molecular weight is 418 g/mol. The molecule has 0 fully saturated rings. The largest absolute Gasteiger partial charge is 0.493 e. The molecule has 2 aromatic rings. The smallest absolute Gasteiger partial charge is 0.340 e. The molecule has 1 aromatic carbocycles. The van der Waals surface area contributed by atoms with Crippen LogP contribution < -0.4 is 14.8 Å². The van der Waals surface area contributed by atoms with E-state index in [9.17, 15) is 14.4 Å². The fraction of sp³-hybridized carbons (Fsp3) is 0.381. The van der Waals surface area contributed by atoms with E-state index in [0.717, 1.165) is 0 Å². The number of H-pyrrole nitrogens is 1. The lowest BCUT2D eigenvalue weighted by molar-refractivity contribution is -0.117. The summed E-state index contributed by atoms with van der Waals surface area (Å²) in [6.07, 6.45) is 0. The van der Waals surface area contributed by atoms with Crippen molar-refractivity contribution < 1.29 is 33.3 Å². The van der Waals surface area contributed by atoms with E-state index >= 15 is 0 Å². The number of benzene rings is 1. The molecule has 1 heterocycles. The number of carbonyl (C=O) groups is 3. The Kier molecular flexibility index (Phi) is 7.99. The van der Waals surface area contributed by atoms with Crippen LogP contribution in [0.15, 0.2) is 18.2 Å². The number of ether oxygens (including phenoxy) is 4. The summed E-state index contributed by atoms with van der Waals surface area (Å²) >= 11 is 0. The minimum absolute atomic E-state index is 0.0160. The summed E-state index contributed by atoms with van der Waals surface area (Å²) < 4.78 is 20.6. The third-order valence-corrected chi connectivity index (χ3v) is 4.36. The maximum absolute atomic E-state index is 12.9. The SMILES string of the molecule is CCOC(=O)c1c(C)[nH]c(C(=O)C(=O)NCCOC)c1-c1ccc(OC)c(OC)c1. The molecule has 0 bridgehead atoms. The molecule has 0 aliphatic rings. The van der Waals surface area contributed by atoms with Gasteiger partial charge in [0.05, 0.1) is 33.0 Å². The van der Waals surface area contributed by atoms with E-state index in [1.54, 1.807) is 32.0 Å². The van der Waals surface area contributed by atoms with Crippen molar-refractivity contribution in [1.82, 2.24) is 10.3 Å². The monoisotopic (exact) mass is 418 g/mol. The molecule has 1 amide bonds. The first-order valence-electron chi connectivity index (χ1n) is 9.33. The van der Waals surface area contributed by atoms with Gasteiger partial charge in [0, 0.05) is 24.9 Å². The van der Waals surface area contributed by atoms with Crippen molar-refractivity contribution in [2.24, 2.45) is 0 Å². The second kappa shape index (κ2) is 10.4. The lowest BCUT2D eigenvalue weighted by Gasteiger charge is -2.12. The number of aromatic nitrogens is 1. The number of aryl methyl sites for hydroxylation is 1. The zero-order valence-corrected chi connectivity index (χ0v) is 17.7. The van der Waals surface area contributed by atoms with Crippen molar-refractivity contribution >= 4 is 17.7 Å². The standard InChI is InChI=1S/C21H26N2O7/c1-6-30-21(26)16-12(2)23-18(19(24)20(25)22-9-10-27-3)17(16)13-7-8-14(28-4)15(11-13)29-5/h7-8,11,23H,6,9-10H2,1-5H3,(H,22,25). The van der Waals surface area contributed by atoms with Crippen LogP contribution in [0.4, 0.5) is 0 Å². The first kappa shape index (κ1) is 23.0. The lowest BCUT2D eigenvalue weighted by Crippen LogP contribution is -2.33. The number of methoxy groups -OCH3 is 3. The highest BCUT2D eigenvalue weighted by Crippen LogP contribution is 2.37. The number of hydrogen-bond donors (Lipinski definition) is 2. The Morgan fingerprint density at radius 2 is 1.77 bits per heavy atom. The van der Waals surface area contributed by atoms with Crippen molar-refractivity contribution in [3.05, 3.63) is 35.2 Å². The second-order valence-electron chi connectivity index (χ2n) is 6.24. The Labute approximate surface area is 174 Å². The van der Waals surface area contributed by atoms with Crippen LogP contribution in [0.2, 0.25) is 0 Å². The number of hydrogen-bond acceptors (Lipinski definition) is 7. The summed E-state index contributed by atoms with van der Waals surface area (Å²) in [6, 6.07) is 4.95. The zero-order valence-electron chi connectivity index (χ0n) is 17.7. The third kappa shape index (κ3) is 4.80. The van der Waals surface area contributed by atoms with Crippen molar-refractivity contribution in [3.63, 3.8) is 0 Å². The van der Waals surface area contributed by atoms with Gasteiger partial charge < -0.3 is 29.2 Å². The highest BCUT2D eigenvalue weighted by Gasteiger charge is 2.30. The average Bonchev–Trinajstić information content (AvgIpc) is 3.09. The van der Waals surface area contributed by atoms with Gasteiger partial charge in [0.15, 0.2) is 11.5 Å². The Balaban J connectivity index is 2.62. The quantitative estimate of drug-likeness (QED) is 0.263. The summed E-state index contributed by atoms with van der Waals surface area (Å²) in [7, 11) is 4.47. The minimum Gasteiger partial charge on any atom is -0.493 e. The van der Waals surface area contributed by atoms with Gasteiger partial charge in [-0.25, -0.2) is 4.79 Å². The molecule has 9 heteroatoms. The molecule has 0 saturated heterocycles. The fourth-order valence-electron chi connectivity index (χ4n) is 2.99. The van der Waals surface area contributed by atoms with Crippen LogP contribution in [0, 0.1) is 6.92 Å². The number of esters is 1. The summed E-state index contributed by atoms with van der Waals surface area (Å²) in [6.45, 7) is 3.92. The summed E-state index contributed by atoms with van der Waals surface area (Å²) in [5.74, 6) is -1.34. The molecule has 0 saturated carbocycles. The van der Waals surface area contributed by atoms with Crippen LogP contribution >= 0.6 is 0 Å². The highest BCUT2D eigenvalue weighted by atomic mass is 16.5. The maximum atomic E-state index is 12.9. The van der Waals surface area contributed by atoms with Crippen LogP contribution in [0.3, 0.4) is 0 Å². The van der Waals surface area contributed by atoms with Crippen LogP contribution in [0.1, 0.15) is 33.5 Å². The summed E-state index contributed by atoms with van der Waals surface area (Å²) in [5.41, 5.74) is 1.33. The lowest BCUT2D eigenvalue weighted by atomic mass is 9.97. The number of Topliss-reactive ketones (excluding diaryl/α,β-unsaturated/α-hetero) is 1. The Morgan fingerprint density at radius 3 is 2.37 bits per heavy atom. The molecule has 1 aromatic heterocycles. The van der Waals surface area contributed by atoms with Gasteiger partial charge in [-0.05, 0) is 31.5 Å². The summed E-state index contributed by atoms with van der Waals surface area (Å²) in [5, 5.41) is 2.49. The molecule has 162 valence electrons. The van der Waals surface area contributed by atoms with Crippen molar-refractivity contribution in [1.29, 1.82) is 0 Å². The highest BCUT2D eigenvalue weighted by molar-refractivity contribution is 6.43. The number of carbonyl (C=O) groups excluding carboxylic acids is 3. The fourth-order valence-corrected chi connectivity index (χ4v) is 2.99. The number of aromatic amines is 1. The molecule has 0 radical (unpaired) electrons. The van der Waals surface area contributed by atoms with Gasteiger partial charge in [-0.3, -0.25) is 9.59 Å². The van der Waals surface area contributed by atoms with E-state index in [-0.39, 0.29) is 36.6 Å². The van der Waals surface area contributed by atoms with Crippen molar-refractivity contribution in [3.8, 4) is 22.6 Å². The number of rotatable bonds is 10. The normalized spacial score (nSPS) is 10.4. The van der Waals surface area contributed by atoms with Gasteiger partial charge in [0.2, 0.25) is 0 Å². The van der Waals surface area contributed by atoms with E-state index < -0.39 is 17.7 Å². The topological polar surface area (TPSA) is 116 Å². The molecule has 0 unspecified atom stereocenters. The van der Waals surface area contributed by atoms with Gasteiger partial charge in [-0.2, -0.15) is 0 Å². The van der Waals surface area contributed by atoms with Gasteiger partial charge in [-0.1, -0.05) is 6.07 Å². The Hall–Kier alpha value is -3.33. The molecule has 2 N–H and O–H groups in total.